The molecule has 0 atom stereocenters. The van der Waals surface area contributed by atoms with Crippen LogP contribution in [0.15, 0.2) is 47.3 Å². The number of anilines is 1. The van der Waals surface area contributed by atoms with Gasteiger partial charge in [0.1, 0.15) is 23.5 Å². The minimum atomic E-state index is -0.615. The fourth-order valence-electron chi connectivity index (χ4n) is 5.81. The zero-order valence-electron chi connectivity index (χ0n) is 20.6. The van der Waals surface area contributed by atoms with Crippen LogP contribution in [-0.4, -0.2) is 35.7 Å². The predicted octanol–water partition coefficient (Wildman–Crippen LogP) is 4.68. The lowest BCUT2D eigenvalue weighted by Gasteiger charge is -2.40. The number of nitrogens with one attached hydrogen (secondary N) is 1. The van der Waals surface area contributed by atoms with Gasteiger partial charge in [-0.1, -0.05) is 12.1 Å². The topological polar surface area (TPSA) is 74.0 Å². The minimum Gasteiger partial charge on any atom is -0.356 e. The Bertz CT molecular complexity index is 1400. The van der Waals surface area contributed by atoms with Crippen LogP contribution in [0.3, 0.4) is 0 Å². The number of nitrogens with zero attached hydrogens (tertiary/aromatic N) is 4. The summed E-state index contributed by atoms with van der Waals surface area (Å²) in [6.45, 7) is 5.65. The number of hydrogen-bond donors (Lipinski definition) is 1. The highest BCUT2D eigenvalue weighted by Gasteiger charge is 2.38. The largest absolute Gasteiger partial charge is 0.356 e. The smallest absolute Gasteiger partial charge is 0.263 e. The van der Waals surface area contributed by atoms with Gasteiger partial charge in [-0.2, -0.15) is 5.26 Å². The second kappa shape index (κ2) is 8.86. The van der Waals surface area contributed by atoms with Crippen LogP contribution in [0.1, 0.15) is 54.7 Å². The van der Waals surface area contributed by atoms with E-state index in [-0.39, 0.29) is 11.1 Å². The molecule has 7 heteroatoms. The highest BCUT2D eigenvalue weighted by Crippen LogP contribution is 2.41. The molecule has 184 valence electrons. The number of rotatable bonds is 4. The molecule has 0 amide bonds. The van der Waals surface area contributed by atoms with Gasteiger partial charge in [0, 0.05) is 25.2 Å². The van der Waals surface area contributed by atoms with Crippen LogP contribution in [0.4, 0.5) is 10.2 Å². The Labute approximate surface area is 210 Å². The van der Waals surface area contributed by atoms with Crippen LogP contribution < -0.4 is 15.8 Å². The third kappa shape index (κ3) is 4.00. The molecule has 1 aromatic heterocycles. The van der Waals surface area contributed by atoms with Crippen molar-refractivity contribution in [3.05, 3.63) is 75.3 Å². The molecule has 3 heterocycles. The third-order valence-corrected chi connectivity index (χ3v) is 8.29. The van der Waals surface area contributed by atoms with Crippen molar-refractivity contribution in [2.24, 2.45) is 5.41 Å². The van der Waals surface area contributed by atoms with Gasteiger partial charge in [-0.15, -0.1) is 0 Å². The quantitative estimate of drug-likeness (QED) is 0.584. The fraction of sp³-hybridized carbons (Fsp3) is 0.414. The zero-order valence-corrected chi connectivity index (χ0v) is 20.6. The molecule has 3 fully saturated rings. The number of hydrogen-bond acceptors (Lipinski definition) is 5. The first kappa shape index (κ1) is 22.9. The fourth-order valence-corrected chi connectivity index (χ4v) is 5.81. The van der Waals surface area contributed by atoms with E-state index in [9.17, 15) is 14.4 Å². The van der Waals surface area contributed by atoms with Gasteiger partial charge in [-0.05, 0) is 92.8 Å². The first-order chi connectivity index (χ1) is 17.5. The first-order valence-corrected chi connectivity index (χ1v) is 12.9. The van der Waals surface area contributed by atoms with Gasteiger partial charge in [0.25, 0.3) is 5.56 Å². The van der Waals surface area contributed by atoms with Crippen LogP contribution in [-0.2, 0) is 0 Å². The van der Waals surface area contributed by atoms with Crippen molar-refractivity contribution in [2.45, 2.75) is 44.9 Å². The molecule has 1 aliphatic carbocycles. The molecule has 2 saturated heterocycles. The molecule has 0 radical (unpaired) electrons. The van der Waals surface area contributed by atoms with Gasteiger partial charge in [0.2, 0.25) is 0 Å². The van der Waals surface area contributed by atoms with Crippen LogP contribution in [0, 0.1) is 29.5 Å². The summed E-state index contributed by atoms with van der Waals surface area (Å²) in [6, 6.07) is 14.4. The van der Waals surface area contributed by atoms with Gasteiger partial charge >= 0.3 is 0 Å². The standard InChI is InChI=1S/C29H30FN5O/c1-19-26(34-14-11-29(12-15-34)10-13-32-18-29)33-27(22-4-5-23(17-31)25(30)16-22)35(28(19)36)24-8-6-21(7-9-24)20-2-3-20/h4-9,16,20,32H,2-3,10-15,18H2,1H3. The molecule has 1 N–H and O–H groups in total. The van der Waals surface area contributed by atoms with Gasteiger partial charge < -0.3 is 10.2 Å². The van der Waals surface area contributed by atoms with Crippen molar-refractivity contribution >= 4 is 5.82 Å². The van der Waals surface area contributed by atoms with E-state index in [4.69, 9.17) is 4.98 Å². The summed E-state index contributed by atoms with van der Waals surface area (Å²) < 4.78 is 16.3. The average molecular weight is 484 g/mol. The molecule has 36 heavy (non-hydrogen) atoms. The summed E-state index contributed by atoms with van der Waals surface area (Å²) in [4.78, 5) is 21.1. The minimum absolute atomic E-state index is 0.0275. The highest BCUT2D eigenvalue weighted by molar-refractivity contribution is 5.64. The normalized spacial score (nSPS) is 19.0. The maximum atomic E-state index is 14.7. The monoisotopic (exact) mass is 483 g/mol. The van der Waals surface area contributed by atoms with Crippen molar-refractivity contribution in [2.75, 3.05) is 31.1 Å². The first-order valence-electron chi connectivity index (χ1n) is 12.9. The summed E-state index contributed by atoms with van der Waals surface area (Å²) in [5.74, 6) is 1.07. The Hall–Kier alpha value is -3.50. The maximum absolute atomic E-state index is 14.7. The van der Waals surface area contributed by atoms with Gasteiger partial charge in [0.15, 0.2) is 0 Å². The summed E-state index contributed by atoms with van der Waals surface area (Å²) >= 11 is 0. The summed E-state index contributed by atoms with van der Waals surface area (Å²) in [5.41, 5.74) is 3.23. The molecule has 2 aliphatic heterocycles. The molecule has 6 rings (SSSR count). The molecule has 0 unspecified atom stereocenters. The Morgan fingerprint density at radius 1 is 1.11 bits per heavy atom. The molecule has 3 aliphatic rings. The van der Waals surface area contributed by atoms with Crippen molar-refractivity contribution in [3.63, 3.8) is 0 Å². The SMILES string of the molecule is Cc1c(N2CCC3(CCNC3)CC2)nc(-c2ccc(C#N)c(F)c2)n(-c2ccc(C3CC3)cc2)c1=O. The van der Waals surface area contributed by atoms with Gasteiger partial charge in [0.05, 0.1) is 16.8 Å². The third-order valence-electron chi connectivity index (χ3n) is 8.29. The number of aromatic nitrogens is 2. The summed E-state index contributed by atoms with van der Waals surface area (Å²) in [5, 5.41) is 12.7. The van der Waals surface area contributed by atoms with E-state index >= 15 is 0 Å². The Balaban J connectivity index is 1.45. The number of piperidine rings is 1. The van der Waals surface area contributed by atoms with E-state index in [2.05, 4.69) is 22.3 Å². The van der Waals surface area contributed by atoms with Crippen molar-refractivity contribution in [1.82, 2.24) is 14.9 Å². The van der Waals surface area contributed by atoms with Crippen molar-refractivity contribution < 1.29 is 4.39 Å². The van der Waals surface area contributed by atoms with Gasteiger partial charge in [-0.3, -0.25) is 9.36 Å². The lowest BCUT2D eigenvalue weighted by Crippen LogP contribution is -2.43. The van der Waals surface area contributed by atoms with E-state index in [0.29, 0.717) is 39.8 Å². The molecule has 1 spiro atoms. The molecule has 6 nitrogen and oxygen atoms in total. The molecular weight excluding hydrogens is 453 g/mol. The molecule has 3 aromatic rings. The second-order valence-electron chi connectivity index (χ2n) is 10.6. The van der Waals surface area contributed by atoms with E-state index in [1.807, 2.05) is 25.1 Å². The van der Waals surface area contributed by atoms with E-state index in [0.717, 1.165) is 39.0 Å². The average Bonchev–Trinajstić information content (AvgIpc) is 3.66. The summed E-state index contributed by atoms with van der Waals surface area (Å²) in [7, 11) is 0. The molecule has 2 aromatic carbocycles. The van der Waals surface area contributed by atoms with Crippen LogP contribution >= 0.6 is 0 Å². The Morgan fingerprint density at radius 2 is 1.86 bits per heavy atom. The predicted molar refractivity (Wildman–Crippen MR) is 138 cm³/mol. The molecule has 1 saturated carbocycles. The molecular formula is C29H30FN5O. The zero-order chi connectivity index (χ0) is 24.9. The van der Waals surface area contributed by atoms with Crippen molar-refractivity contribution in [1.29, 1.82) is 5.26 Å². The van der Waals surface area contributed by atoms with E-state index in [1.54, 1.807) is 10.6 Å². The van der Waals surface area contributed by atoms with Gasteiger partial charge in [-0.25, -0.2) is 9.37 Å². The van der Waals surface area contributed by atoms with E-state index < -0.39 is 5.82 Å². The molecule has 0 bridgehead atoms. The number of halogens is 1. The van der Waals surface area contributed by atoms with Crippen molar-refractivity contribution in [3.8, 4) is 23.1 Å². The lowest BCUT2D eigenvalue weighted by atomic mass is 9.78. The lowest BCUT2D eigenvalue weighted by molar-refractivity contribution is 0.247. The highest BCUT2D eigenvalue weighted by atomic mass is 19.1. The van der Waals surface area contributed by atoms with Crippen LogP contribution in [0.2, 0.25) is 0 Å². The number of benzene rings is 2. The summed E-state index contributed by atoms with van der Waals surface area (Å²) in [6.07, 6.45) is 5.73. The Morgan fingerprint density at radius 3 is 2.47 bits per heavy atom. The Kier molecular flexibility index (Phi) is 5.65. The second-order valence-corrected chi connectivity index (χ2v) is 10.6. The van der Waals surface area contributed by atoms with Crippen LogP contribution in [0.5, 0.6) is 0 Å². The van der Waals surface area contributed by atoms with Crippen LogP contribution in [0.25, 0.3) is 17.1 Å². The van der Waals surface area contributed by atoms with E-state index in [1.165, 1.54) is 37.0 Å². The number of nitriles is 1. The maximum Gasteiger partial charge on any atom is 0.263 e.